The molecule has 31 heavy (non-hydrogen) atoms. The lowest BCUT2D eigenvalue weighted by atomic mass is 9.81. The second-order valence-corrected chi connectivity index (χ2v) is 8.07. The van der Waals surface area contributed by atoms with Gasteiger partial charge in [0.15, 0.2) is 0 Å². The molecule has 0 amide bonds. The Kier molecular flexibility index (Phi) is 5.43. The minimum absolute atomic E-state index is 0.0780. The average molecular weight is 438 g/mol. The summed E-state index contributed by atoms with van der Waals surface area (Å²) in [5, 5.41) is 8.00. The molecule has 0 saturated heterocycles. The van der Waals surface area contributed by atoms with Crippen LogP contribution in [0.2, 0.25) is 0 Å². The molecule has 164 valence electrons. The van der Waals surface area contributed by atoms with Gasteiger partial charge in [-0.3, -0.25) is 0 Å². The zero-order valence-electron chi connectivity index (χ0n) is 16.7. The van der Waals surface area contributed by atoms with E-state index in [2.05, 4.69) is 17.1 Å². The number of nitrogens with zero attached hydrogens (tertiary/aromatic N) is 2. The molecular weight excluding hydrogens is 418 g/mol. The van der Waals surface area contributed by atoms with E-state index in [1.165, 1.54) is 11.1 Å². The van der Waals surface area contributed by atoms with Crippen molar-refractivity contribution in [1.29, 1.82) is 0 Å². The summed E-state index contributed by atoms with van der Waals surface area (Å²) in [6.07, 6.45) is -5.51. The maximum atomic E-state index is 13.1. The number of rotatable bonds is 3. The molecule has 8 heteroatoms. The van der Waals surface area contributed by atoms with Gasteiger partial charge in [-0.25, -0.2) is 0 Å². The van der Waals surface area contributed by atoms with Gasteiger partial charge in [0.05, 0.1) is 22.6 Å². The van der Waals surface area contributed by atoms with E-state index in [1.807, 2.05) is 18.2 Å². The van der Waals surface area contributed by atoms with E-state index in [-0.39, 0.29) is 23.8 Å². The van der Waals surface area contributed by atoms with Crippen molar-refractivity contribution in [3.05, 3.63) is 69.8 Å². The van der Waals surface area contributed by atoms with Gasteiger partial charge in [-0.05, 0) is 71.7 Å². The van der Waals surface area contributed by atoms with E-state index in [0.29, 0.717) is 23.8 Å². The molecule has 1 aliphatic carbocycles. The molecule has 2 aromatic rings. The Morgan fingerprint density at radius 3 is 2.00 bits per heavy atom. The van der Waals surface area contributed by atoms with Crippen LogP contribution in [0.5, 0.6) is 0 Å². The lowest BCUT2D eigenvalue weighted by molar-refractivity contribution is -0.143. The Morgan fingerprint density at radius 1 is 0.806 bits per heavy atom. The van der Waals surface area contributed by atoms with Gasteiger partial charge >= 0.3 is 12.4 Å². The SMILES string of the molecule is CCC1CCc2ccc(C3=NN=C(c4cc(C(F)(F)F)cc(C(F)(F)F)c4)C3)cc2C1. The summed E-state index contributed by atoms with van der Waals surface area (Å²) in [4.78, 5) is 0. The van der Waals surface area contributed by atoms with Crippen LogP contribution in [0.4, 0.5) is 26.3 Å². The summed E-state index contributed by atoms with van der Waals surface area (Å²) < 4.78 is 78.9. The lowest BCUT2D eigenvalue weighted by Crippen LogP contribution is -2.15. The number of hydrogen-bond donors (Lipinski definition) is 0. The molecule has 2 aromatic carbocycles. The van der Waals surface area contributed by atoms with Gasteiger partial charge in [0.2, 0.25) is 0 Å². The Morgan fingerprint density at radius 2 is 1.42 bits per heavy atom. The van der Waals surface area contributed by atoms with Crippen LogP contribution in [0, 0.1) is 5.92 Å². The largest absolute Gasteiger partial charge is 0.416 e. The predicted molar refractivity (Wildman–Crippen MR) is 106 cm³/mol. The zero-order valence-corrected chi connectivity index (χ0v) is 16.7. The molecule has 0 spiro atoms. The van der Waals surface area contributed by atoms with Gasteiger partial charge in [0.25, 0.3) is 0 Å². The molecule has 0 fully saturated rings. The Bertz CT molecular complexity index is 1030. The van der Waals surface area contributed by atoms with Gasteiger partial charge in [0.1, 0.15) is 0 Å². The zero-order chi connectivity index (χ0) is 22.4. The normalized spacial score (nSPS) is 19.1. The van der Waals surface area contributed by atoms with Crippen LogP contribution >= 0.6 is 0 Å². The fourth-order valence-electron chi connectivity index (χ4n) is 4.15. The first-order valence-electron chi connectivity index (χ1n) is 10.1. The van der Waals surface area contributed by atoms with Crippen molar-refractivity contribution in [2.75, 3.05) is 0 Å². The van der Waals surface area contributed by atoms with Crippen molar-refractivity contribution < 1.29 is 26.3 Å². The van der Waals surface area contributed by atoms with Crippen molar-refractivity contribution in [3.63, 3.8) is 0 Å². The van der Waals surface area contributed by atoms with Gasteiger partial charge < -0.3 is 0 Å². The van der Waals surface area contributed by atoms with Crippen molar-refractivity contribution in [2.45, 2.75) is 51.4 Å². The van der Waals surface area contributed by atoms with E-state index >= 15 is 0 Å². The van der Waals surface area contributed by atoms with Crippen LogP contribution in [-0.4, -0.2) is 11.4 Å². The second-order valence-electron chi connectivity index (χ2n) is 8.07. The number of halogens is 6. The summed E-state index contributed by atoms with van der Waals surface area (Å²) in [7, 11) is 0. The van der Waals surface area contributed by atoms with Gasteiger partial charge in [-0.2, -0.15) is 36.5 Å². The van der Waals surface area contributed by atoms with E-state index in [1.54, 1.807) is 0 Å². The average Bonchev–Trinajstić information content (AvgIpc) is 3.21. The Labute approximate surface area is 175 Å². The Hall–Kier alpha value is -2.64. The third kappa shape index (κ3) is 4.52. The van der Waals surface area contributed by atoms with Gasteiger partial charge in [-0.1, -0.05) is 25.5 Å². The maximum absolute atomic E-state index is 13.1. The minimum Gasteiger partial charge on any atom is -0.166 e. The van der Waals surface area contributed by atoms with Gasteiger partial charge in [0, 0.05) is 6.42 Å². The molecule has 0 saturated carbocycles. The second kappa shape index (κ2) is 7.80. The number of benzene rings is 2. The molecule has 0 N–H and O–H groups in total. The molecule has 0 bridgehead atoms. The predicted octanol–water partition coefficient (Wildman–Crippen LogP) is 6.84. The third-order valence-electron chi connectivity index (χ3n) is 5.99. The molecule has 2 aliphatic rings. The molecule has 1 unspecified atom stereocenters. The summed E-state index contributed by atoms with van der Waals surface area (Å²) in [6, 6.07) is 7.48. The first-order chi connectivity index (χ1) is 14.5. The summed E-state index contributed by atoms with van der Waals surface area (Å²) >= 11 is 0. The highest BCUT2D eigenvalue weighted by Crippen LogP contribution is 2.37. The summed E-state index contributed by atoms with van der Waals surface area (Å²) in [6.45, 7) is 2.16. The van der Waals surface area contributed by atoms with Crippen LogP contribution < -0.4 is 0 Å². The minimum atomic E-state index is -4.90. The van der Waals surface area contributed by atoms with E-state index in [9.17, 15) is 26.3 Å². The molecule has 2 nitrogen and oxygen atoms in total. The standard InChI is InChI=1S/C23H20F6N2/c1-2-13-3-4-14-5-6-15(8-16(14)7-13)20-12-21(31-30-20)17-9-18(22(24,25)26)11-19(10-17)23(27,28)29/h5-6,8-11,13H,2-4,7,12H2,1H3. The highest BCUT2D eigenvalue weighted by Gasteiger charge is 2.37. The highest BCUT2D eigenvalue weighted by atomic mass is 19.4. The molecular formula is C23H20F6N2. The van der Waals surface area contributed by atoms with E-state index < -0.39 is 23.5 Å². The monoisotopic (exact) mass is 438 g/mol. The molecule has 0 radical (unpaired) electrons. The van der Waals surface area contributed by atoms with Gasteiger partial charge in [-0.15, -0.1) is 0 Å². The number of hydrogen-bond acceptors (Lipinski definition) is 2. The van der Waals surface area contributed by atoms with E-state index in [0.717, 1.165) is 31.2 Å². The van der Waals surface area contributed by atoms with Crippen LogP contribution in [0.3, 0.4) is 0 Å². The fourth-order valence-corrected chi connectivity index (χ4v) is 4.15. The first kappa shape index (κ1) is 21.6. The topological polar surface area (TPSA) is 24.7 Å². The molecule has 1 atom stereocenters. The molecule has 0 aromatic heterocycles. The van der Waals surface area contributed by atoms with Crippen LogP contribution in [0.1, 0.15) is 59.6 Å². The molecule has 1 aliphatic heterocycles. The highest BCUT2D eigenvalue weighted by molar-refractivity contribution is 6.20. The van der Waals surface area contributed by atoms with Crippen LogP contribution in [0.15, 0.2) is 46.6 Å². The third-order valence-corrected chi connectivity index (χ3v) is 5.99. The molecule has 1 heterocycles. The quantitative estimate of drug-likeness (QED) is 0.469. The fraction of sp³-hybridized carbons (Fsp3) is 0.391. The van der Waals surface area contributed by atoms with E-state index in [4.69, 9.17) is 0 Å². The first-order valence-corrected chi connectivity index (χ1v) is 10.1. The lowest BCUT2D eigenvalue weighted by Gasteiger charge is -2.24. The van der Waals surface area contributed by atoms with Crippen molar-refractivity contribution in [2.24, 2.45) is 16.1 Å². The van der Waals surface area contributed by atoms with Crippen molar-refractivity contribution >= 4 is 11.4 Å². The summed E-state index contributed by atoms with van der Waals surface area (Å²) in [5.74, 6) is 0.617. The van der Waals surface area contributed by atoms with Crippen LogP contribution in [0.25, 0.3) is 0 Å². The molecule has 4 rings (SSSR count). The summed E-state index contributed by atoms with van der Waals surface area (Å²) in [5.41, 5.74) is 1.02. The van der Waals surface area contributed by atoms with Crippen molar-refractivity contribution in [1.82, 2.24) is 0 Å². The van der Waals surface area contributed by atoms with Crippen LogP contribution in [-0.2, 0) is 25.2 Å². The smallest absolute Gasteiger partial charge is 0.166 e. The number of fused-ring (bicyclic) bond motifs is 1. The number of alkyl halides is 6. The maximum Gasteiger partial charge on any atom is 0.416 e. The van der Waals surface area contributed by atoms with Crippen molar-refractivity contribution in [3.8, 4) is 0 Å². The Balaban J connectivity index is 1.60. The number of aryl methyl sites for hydroxylation is 1.